The number of carbonyl (C=O) groups is 1. The topological polar surface area (TPSA) is 120 Å². The van der Waals surface area contributed by atoms with E-state index < -0.39 is 15.9 Å². The van der Waals surface area contributed by atoms with Gasteiger partial charge < -0.3 is 16.1 Å². The predicted octanol–water partition coefficient (Wildman–Crippen LogP) is 3.20. The van der Waals surface area contributed by atoms with Gasteiger partial charge in [-0.3, -0.25) is 9.69 Å². The van der Waals surface area contributed by atoms with Gasteiger partial charge in [0.05, 0.1) is 29.4 Å². The lowest BCUT2D eigenvalue weighted by Crippen LogP contribution is -2.48. The van der Waals surface area contributed by atoms with Gasteiger partial charge in [-0.1, -0.05) is 30.2 Å². The maximum atomic E-state index is 13.6. The van der Waals surface area contributed by atoms with E-state index in [2.05, 4.69) is 30.5 Å². The van der Waals surface area contributed by atoms with Crippen LogP contribution in [0.4, 0.5) is 8.78 Å². The SMILES string of the molecule is C#CCNC(=O)c1ccc(S(=O)(=O)/N=C/C(CCN2CCN(C(c3ccc(F)cc3)c3ccc(F)cc3)CC2)=N\N)cc1. The summed E-state index contributed by atoms with van der Waals surface area (Å²) in [5.74, 6) is 6.77. The molecule has 224 valence electrons. The van der Waals surface area contributed by atoms with Crippen molar-refractivity contribution >= 4 is 27.9 Å². The highest BCUT2D eigenvalue weighted by Crippen LogP contribution is 2.30. The predicted molar refractivity (Wildman–Crippen MR) is 162 cm³/mol. The fourth-order valence-electron chi connectivity index (χ4n) is 4.79. The summed E-state index contributed by atoms with van der Waals surface area (Å²) >= 11 is 0. The summed E-state index contributed by atoms with van der Waals surface area (Å²) in [6.45, 7) is 3.48. The van der Waals surface area contributed by atoms with Crippen LogP contribution in [0.5, 0.6) is 0 Å². The Kier molecular flexibility index (Phi) is 10.7. The van der Waals surface area contributed by atoms with Gasteiger partial charge in [0.25, 0.3) is 15.9 Å². The zero-order valence-corrected chi connectivity index (χ0v) is 24.2. The van der Waals surface area contributed by atoms with E-state index >= 15 is 0 Å². The average Bonchev–Trinajstić information content (AvgIpc) is 3.02. The van der Waals surface area contributed by atoms with E-state index in [1.165, 1.54) is 48.5 Å². The lowest BCUT2D eigenvalue weighted by molar-refractivity contribution is 0.0958. The Morgan fingerprint density at radius 3 is 2.02 bits per heavy atom. The number of nitrogens with two attached hydrogens (primary N) is 1. The van der Waals surface area contributed by atoms with Crippen LogP contribution < -0.4 is 11.2 Å². The van der Waals surface area contributed by atoms with Crippen LogP contribution in [0.1, 0.15) is 33.9 Å². The average molecular weight is 607 g/mol. The largest absolute Gasteiger partial charge is 0.341 e. The highest BCUT2D eigenvalue weighted by molar-refractivity contribution is 7.90. The van der Waals surface area contributed by atoms with Crippen molar-refractivity contribution in [2.24, 2.45) is 15.3 Å². The summed E-state index contributed by atoms with van der Waals surface area (Å²) in [5, 5.41) is 6.21. The van der Waals surface area contributed by atoms with Crippen LogP contribution >= 0.6 is 0 Å². The maximum absolute atomic E-state index is 13.6. The van der Waals surface area contributed by atoms with Crippen molar-refractivity contribution in [2.45, 2.75) is 17.4 Å². The summed E-state index contributed by atoms with van der Waals surface area (Å²) in [4.78, 5) is 16.4. The molecule has 1 aliphatic heterocycles. The van der Waals surface area contributed by atoms with Gasteiger partial charge in [0.2, 0.25) is 0 Å². The highest BCUT2D eigenvalue weighted by atomic mass is 32.2. The van der Waals surface area contributed by atoms with E-state index in [1.54, 1.807) is 24.3 Å². The number of nitrogens with one attached hydrogen (secondary N) is 1. The molecule has 12 heteroatoms. The van der Waals surface area contributed by atoms with E-state index in [1.807, 2.05) is 0 Å². The van der Waals surface area contributed by atoms with Gasteiger partial charge >= 0.3 is 0 Å². The molecule has 3 aromatic rings. The molecule has 4 rings (SSSR count). The van der Waals surface area contributed by atoms with Gasteiger partial charge in [-0.15, -0.1) is 6.42 Å². The first-order valence-corrected chi connectivity index (χ1v) is 15.0. The van der Waals surface area contributed by atoms with Crippen molar-refractivity contribution < 1.29 is 22.0 Å². The summed E-state index contributed by atoms with van der Waals surface area (Å²) in [5.41, 5.74) is 2.41. The Labute approximate surface area is 250 Å². The van der Waals surface area contributed by atoms with E-state index in [0.717, 1.165) is 17.3 Å². The molecule has 0 atom stereocenters. The fraction of sp³-hybridized carbons (Fsp3) is 0.258. The molecule has 3 aromatic carbocycles. The van der Waals surface area contributed by atoms with E-state index in [0.29, 0.717) is 44.9 Å². The van der Waals surface area contributed by atoms with Gasteiger partial charge in [-0.05, 0) is 59.7 Å². The van der Waals surface area contributed by atoms with Crippen molar-refractivity contribution in [3.8, 4) is 12.3 Å². The highest BCUT2D eigenvalue weighted by Gasteiger charge is 2.26. The quantitative estimate of drug-likeness (QED) is 0.150. The second-order valence-corrected chi connectivity index (χ2v) is 11.5. The molecule has 1 saturated heterocycles. The van der Waals surface area contributed by atoms with Crippen LogP contribution in [0.3, 0.4) is 0 Å². The molecule has 1 amide bonds. The number of halogens is 2. The molecule has 0 unspecified atom stereocenters. The van der Waals surface area contributed by atoms with Gasteiger partial charge in [0.1, 0.15) is 11.6 Å². The number of amides is 1. The standard InChI is InChI=1S/C31H32F2N6O3S/c1-2-16-35-31(40)25-7-13-29(14-8-25)43(41,42)36-22-28(37-34)15-17-38-18-20-39(21-19-38)30(23-3-9-26(32)10-4-23)24-5-11-27(33)12-6-24/h1,3-14,22,30H,15-21,34H2,(H,35,40)/b36-22+,37-28-. The summed E-state index contributed by atoms with van der Waals surface area (Å²) in [7, 11) is -4.04. The number of piperazine rings is 1. The van der Waals surface area contributed by atoms with Crippen molar-refractivity contribution in [1.82, 2.24) is 15.1 Å². The van der Waals surface area contributed by atoms with Crippen LogP contribution in [0, 0.1) is 24.0 Å². The second-order valence-electron chi connectivity index (χ2n) is 9.87. The second kappa shape index (κ2) is 14.6. The molecule has 0 saturated carbocycles. The minimum Gasteiger partial charge on any atom is -0.341 e. The lowest BCUT2D eigenvalue weighted by atomic mass is 9.96. The Balaban J connectivity index is 1.34. The number of hydrogen-bond acceptors (Lipinski definition) is 7. The zero-order valence-electron chi connectivity index (χ0n) is 23.4. The first-order chi connectivity index (χ1) is 20.7. The summed E-state index contributed by atoms with van der Waals surface area (Å²) in [6.07, 6.45) is 6.65. The number of benzene rings is 3. The van der Waals surface area contributed by atoms with Crippen molar-refractivity contribution in [2.75, 3.05) is 39.3 Å². The fourth-order valence-corrected chi connectivity index (χ4v) is 5.65. The van der Waals surface area contributed by atoms with Crippen molar-refractivity contribution in [1.29, 1.82) is 0 Å². The maximum Gasteiger partial charge on any atom is 0.282 e. The van der Waals surface area contributed by atoms with Crippen LogP contribution in [0.25, 0.3) is 0 Å². The Morgan fingerprint density at radius 2 is 1.51 bits per heavy atom. The summed E-state index contributed by atoms with van der Waals surface area (Å²) in [6, 6.07) is 17.9. The number of rotatable bonds is 11. The van der Waals surface area contributed by atoms with Crippen molar-refractivity contribution in [3.05, 3.63) is 101 Å². The van der Waals surface area contributed by atoms with Gasteiger partial charge in [0, 0.05) is 44.7 Å². The van der Waals surface area contributed by atoms with Gasteiger partial charge in [0.15, 0.2) is 0 Å². The van der Waals surface area contributed by atoms with Crippen LogP contribution in [0.15, 0.2) is 87.2 Å². The van der Waals surface area contributed by atoms with Crippen LogP contribution in [-0.4, -0.2) is 75.3 Å². The third-order valence-electron chi connectivity index (χ3n) is 7.10. The molecule has 0 spiro atoms. The lowest BCUT2D eigenvalue weighted by Gasteiger charge is -2.39. The number of hydrogen-bond donors (Lipinski definition) is 2. The third kappa shape index (κ3) is 8.54. The van der Waals surface area contributed by atoms with Gasteiger partial charge in [-0.25, -0.2) is 8.78 Å². The number of hydrazone groups is 1. The molecule has 43 heavy (non-hydrogen) atoms. The Morgan fingerprint density at radius 1 is 0.953 bits per heavy atom. The molecule has 1 fully saturated rings. The molecule has 0 bridgehead atoms. The first kappa shape index (κ1) is 31.5. The minimum atomic E-state index is -4.04. The number of terminal acetylenes is 1. The third-order valence-corrected chi connectivity index (χ3v) is 8.35. The van der Waals surface area contributed by atoms with E-state index in [9.17, 15) is 22.0 Å². The van der Waals surface area contributed by atoms with E-state index in [-0.39, 0.29) is 34.7 Å². The van der Waals surface area contributed by atoms with Gasteiger partial charge in [-0.2, -0.15) is 17.9 Å². The van der Waals surface area contributed by atoms with Crippen LogP contribution in [-0.2, 0) is 10.0 Å². The number of nitrogens with zero attached hydrogens (tertiary/aromatic N) is 4. The molecule has 9 nitrogen and oxygen atoms in total. The summed E-state index contributed by atoms with van der Waals surface area (Å²) < 4.78 is 56.4. The smallest absolute Gasteiger partial charge is 0.282 e. The Bertz CT molecular complexity index is 1550. The molecule has 1 aliphatic rings. The van der Waals surface area contributed by atoms with Crippen molar-refractivity contribution in [3.63, 3.8) is 0 Å². The minimum absolute atomic E-state index is 0.0621. The van der Waals surface area contributed by atoms with E-state index in [4.69, 9.17) is 12.3 Å². The zero-order chi connectivity index (χ0) is 30.8. The molecule has 3 N–H and O–H groups in total. The molecular weight excluding hydrogens is 574 g/mol. The molecular formula is C31H32F2N6O3S. The Hall–Kier alpha value is -4.44. The molecule has 0 aromatic heterocycles. The number of carbonyl (C=O) groups excluding carboxylic acids is 1. The molecule has 0 aliphatic carbocycles. The normalized spacial score (nSPS) is 15.1. The molecule has 0 radical (unpaired) electrons. The monoisotopic (exact) mass is 606 g/mol. The first-order valence-electron chi connectivity index (χ1n) is 13.6. The number of sulfonamides is 1. The van der Waals surface area contributed by atoms with Crippen LogP contribution in [0.2, 0.25) is 0 Å². The molecule has 1 heterocycles.